The molecule has 0 aliphatic carbocycles. The Morgan fingerprint density at radius 3 is 1.10 bits per heavy atom. The van der Waals surface area contributed by atoms with Crippen LogP contribution in [0.15, 0.2) is 72.8 Å². The van der Waals surface area contributed by atoms with E-state index in [9.17, 15) is 75.6 Å². The zero-order chi connectivity index (χ0) is 81.8. The molecule has 0 radical (unpaired) electrons. The molecule has 0 heterocycles. The first-order valence-electron chi connectivity index (χ1n) is 33.3. The number of aliphatic hydroxyl groups is 3. The number of nitrogens with one attached hydrogen (secondary N) is 2. The number of carbonyl (C=O) groups is 8. The summed E-state index contributed by atoms with van der Waals surface area (Å²) in [5.41, 5.74) is 2.45. The van der Waals surface area contributed by atoms with E-state index in [4.69, 9.17) is 15.2 Å². The second kappa shape index (κ2) is 55.9. The van der Waals surface area contributed by atoms with Gasteiger partial charge in [0.05, 0.1) is 95.9 Å². The molecule has 0 saturated carbocycles. The molecule has 0 aromatic heterocycles. The number of amides is 3. The van der Waals surface area contributed by atoms with Crippen LogP contribution in [0.2, 0.25) is 0 Å². The fourth-order valence-corrected chi connectivity index (χ4v) is 11.0. The topological polar surface area (TPSA) is 328 Å². The van der Waals surface area contributed by atoms with Gasteiger partial charge in [0, 0.05) is 34.5 Å². The van der Waals surface area contributed by atoms with Crippen LogP contribution in [0.3, 0.4) is 0 Å². The van der Waals surface area contributed by atoms with Gasteiger partial charge in [0.1, 0.15) is 17.2 Å². The Bertz CT molecular complexity index is 3090. The molecule has 20 nitrogen and oxygen atoms in total. The van der Waals surface area contributed by atoms with Gasteiger partial charge in [0.25, 0.3) is 0 Å². The zero-order valence-corrected chi connectivity index (χ0v) is 82.7. The first kappa shape index (κ1) is 113. The molecule has 3 aromatic rings. The second-order valence-electron chi connectivity index (χ2n) is 28.5. The van der Waals surface area contributed by atoms with Crippen LogP contribution in [0.25, 0.3) is 0 Å². The number of methoxy groups -OCH3 is 3. The van der Waals surface area contributed by atoms with Crippen LogP contribution in [0.4, 0.5) is 26.7 Å². The molecule has 0 spiro atoms. The normalized spacial score (nSPS) is 14.3. The minimum absolute atomic E-state index is 0. The van der Waals surface area contributed by atoms with E-state index >= 15 is 0 Å². The van der Waals surface area contributed by atoms with Crippen molar-refractivity contribution in [2.24, 2.45) is 51.6 Å². The number of benzene rings is 3. The summed E-state index contributed by atoms with van der Waals surface area (Å²) in [6, 6.07) is 21.6. The summed E-state index contributed by atoms with van der Waals surface area (Å²) in [5.74, 6) is -6.63. The summed E-state index contributed by atoms with van der Waals surface area (Å²) in [6.07, 6.45) is -5.91. The molecular formula is C73H114F5I9N4O16. The quantitative estimate of drug-likeness (QED) is 0.0126. The molecule has 0 unspecified atom stereocenters. The van der Waals surface area contributed by atoms with Crippen molar-refractivity contribution < 1.29 is 99.3 Å². The number of ketones is 1. The van der Waals surface area contributed by atoms with Crippen molar-refractivity contribution in [2.45, 2.75) is 217 Å². The van der Waals surface area contributed by atoms with E-state index in [1.807, 2.05) is 106 Å². The van der Waals surface area contributed by atoms with E-state index in [-0.39, 0.29) is 86.3 Å². The number of rotatable bonds is 34. The first-order chi connectivity index (χ1) is 48.2. The van der Waals surface area contributed by atoms with Crippen LogP contribution < -0.4 is 22.5 Å². The van der Waals surface area contributed by atoms with E-state index in [1.54, 1.807) is 55.4 Å². The minimum atomic E-state index is -4.73. The van der Waals surface area contributed by atoms with Crippen LogP contribution in [-0.4, -0.2) is 146 Å². The summed E-state index contributed by atoms with van der Waals surface area (Å²) in [5, 5.41) is 36.2. The Hall–Kier alpha value is -0.520. The van der Waals surface area contributed by atoms with Crippen LogP contribution in [0.1, 0.15) is 172 Å². The monoisotopic (exact) mass is 2540 g/mol. The minimum Gasteiger partial charge on any atom is -0.344 e. The van der Waals surface area contributed by atoms with Gasteiger partial charge in [-0.05, 0) is 233 Å². The summed E-state index contributed by atoms with van der Waals surface area (Å²) in [6.45, 7) is 21.2. The number of hydrogen-bond donors (Lipinski definition) is 7. The smallest absolute Gasteiger partial charge is 0.344 e. The van der Waals surface area contributed by atoms with Gasteiger partial charge in [0.15, 0.2) is 5.78 Å². The van der Waals surface area contributed by atoms with Crippen molar-refractivity contribution in [3.05, 3.63) is 100 Å². The average Bonchev–Trinajstić information content (AvgIpc) is 0.789. The van der Waals surface area contributed by atoms with E-state index in [2.05, 4.69) is 162 Å². The van der Waals surface area contributed by atoms with Crippen LogP contribution in [0, 0.1) is 56.5 Å². The number of alkyl halides is 5. The first-order valence-corrected chi connectivity index (χ1v) is 67.9. The molecule has 3 aromatic carbocycles. The standard InChI is InChI=1S/C26H39FINO6.C20H27F3INO4.C17H25IO3.C9H16FNO3.CH4.I6.H3N/c1-25(2,3)35-23(32)14-18(13-17-7-9-19(28)10-8-17)21(30)11-12-29-24(33)20(15-22(31)34-6)26(4,5)16-27;1-5-15(26)13(10-12-6-8-14(24)9-7-12)11-16(27)17(25-18(28)29-4)19(2,3)20(21,22)23;1-5-15(19)13(11-16(20)21-17(2,3)4)10-12-6-8-14(18)9-7-12;1-9(2,5-10)6(8(11)13)4-7(12)14-3;;1-5(2)6(3)4;/h7-10,18,20-21,30H,11-16H2,1-6H3,(H,29,33);6-9,13,15,17,26H,5,10-11H2,1-4H3,(H,25,28);6-9,13,15,19H,5,10-11H2,1-4H3;6H,4-5H2,1-3H3,(H2,11,13);1H4;;1H3/t18-,20-,21+;13-,15+,17-;13-,15+;6-;;;/m1111.../s1. The fourth-order valence-electron chi connectivity index (χ4n) is 9.92. The van der Waals surface area contributed by atoms with Gasteiger partial charge >= 0.3 is 126 Å². The maximum Gasteiger partial charge on any atom is -0.344 e. The third-order valence-corrected chi connectivity index (χ3v) is 184. The van der Waals surface area contributed by atoms with E-state index in [0.717, 1.165) is 44.8 Å². The Balaban J connectivity index is -0.000000665. The van der Waals surface area contributed by atoms with Crippen molar-refractivity contribution >= 4 is 206 Å². The molecule has 620 valence electrons. The predicted molar refractivity (Wildman–Crippen MR) is 490 cm³/mol. The summed E-state index contributed by atoms with van der Waals surface area (Å²) < 4.78 is 94.3. The SMILES string of the molecule is C.CC[C@H](O)[C@@H](CC(=O)OC(C)(C)C)Cc1ccc(I)cc1.CC[C@H](O)[C@@H](CC(=O)[C@@H](NC(=O)OC)C(C)(C)C(F)(F)F)Cc1ccc(I)cc1.COC(=O)C[C@H](C(=O)NCC[C@H](O)[C@@H](CC(=O)OC(C)(C)C)Cc1ccc(I)cc1)C(C)(C)CF.COC(=O)C[C@H](C(N)=O)C(C)(C)CF.II(I)I(I)I.N. The number of halogens is 14. The fraction of sp³-hybridized carbons (Fsp3) is 0.644. The van der Waals surface area contributed by atoms with Gasteiger partial charge in [-0.25, -0.2) is 4.79 Å². The predicted octanol–water partition coefficient (Wildman–Crippen LogP) is 19.4. The molecule has 107 heavy (non-hydrogen) atoms. The van der Waals surface area contributed by atoms with E-state index in [1.165, 1.54) is 17.8 Å². The van der Waals surface area contributed by atoms with Gasteiger partial charge in [-0.2, -0.15) is 13.2 Å². The molecule has 0 bridgehead atoms. The second-order valence-corrected chi connectivity index (χ2v) is 130. The Kier molecular flexibility index (Phi) is 59.0. The molecule has 3 rings (SSSR count). The molecule has 0 fully saturated rings. The number of ether oxygens (including phenoxy) is 5. The number of nitrogens with two attached hydrogens (primary N) is 1. The van der Waals surface area contributed by atoms with Crippen molar-refractivity contribution in [3.63, 3.8) is 0 Å². The zero-order valence-electron chi connectivity index (χ0n) is 63.2. The molecule has 3 amide bonds. The van der Waals surface area contributed by atoms with Gasteiger partial charge in [-0.15, -0.1) is 0 Å². The average molecular weight is 2540 g/mol. The van der Waals surface area contributed by atoms with Gasteiger partial charge in [-0.3, -0.25) is 42.3 Å². The molecule has 9 atom stereocenters. The molecule has 0 aliphatic heterocycles. The van der Waals surface area contributed by atoms with Crippen LogP contribution in [-0.2, 0) is 76.5 Å². The largest absolute Gasteiger partial charge is 0.344 e. The molecular weight excluding hydrogens is 2430 g/mol. The summed E-state index contributed by atoms with van der Waals surface area (Å²) in [7, 11) is 2.81. The van der Waals surface area contributed by atoms with E-state index < -0.39 is 137 Å². The number of aliphatic hydroxyl groups excluding tert-OH is 3. The maximum absolute atomic E-state index is 13.6. The Morgan fingerprint density at radius 1 is 0.505 bits per heavy atom. The third-order valence-electron chi connectivity index (χ3n) is 16.3. The number of Topliss-reactive ketones (excluding diaryl/α,β-unsaturated/α-hetero) is 1. The number of carbonyl (C=O) groups excluding carboxylic acids is 8. The number of hydrogen-bond acceptors (Lipinski definition) is 17. The number of alkyl carbamates (subject to hydrolysis) is 1. The molecule has 34 heteroatoms. The molecule has 0 saturated heterocycles. The van der Waals surface area contributed by atoms with Gasteiger partial charge < -0.3 is 61.5 Å². The van der Waals surface area contributed by atoms with Gasteiger partial charge in [0.2, 0.25) is 11.8 Å². The third kappa shape index (κ3) is 48.6. The summed E-state index contributed by atoms with van der Waals surface area (Å²) >= 11 is 17.1. The molecule has 10 N–H and O–H groups in total. The number of esters is 4. The van der Waals surface area contributed by atoms with Crippen molar-refractivity contribution in [1.82, 2.24) is 16.8 Å². The number of primary amides is 1. The Labute approximate surface area is 721 Å². The van der Waals surface area contributed by atoms with Crippen molar-refractivity contribution in [1.29, 1.82) is 0 Å². The van der Waals surface area contributed by atoms with Crippen molar-refractivity contribution in [2.75, 3.05) is 41.2 Å². The molecule has 0 aliphatic rings. The summed E-state index contributed by atoms with van der Waals surface area (Å²) in [4.78, 5) is 95.4. The van der Waals surface area contributed by atoms with Crippen LogP contribution in [0.5, 0.6) is 0 Å². The van der Waals surface area contributed by atoms with E-state index in [0.29, 0.717) is 32.1 Å². The van der Waals surface area contributed by atoms with Gasteiger partial charge in [-0.1, -0.05) is 85.4 Å². The maximum atomic E-state index is 13.6. The Morgan fingerprint density at radius 2 is 0.822 bits per heavy atom. The van der Waals surface area contributed by atoms with Crippen LogP contribution >= 0.6 is 158 Å². The van der Waals surface area contributed by atoms with Crippen molar-refractivity contribution in [3.8, 4) is 0 Å².